The van der Waals surface area contributed by atoms with Gasteiger partial charge in [-0.15, -0.1) is 10.2 Å². The minimum absolute atomic E-state index is 0.101. The van der Waals surface area contributed by atoms with Gasteiger partial charge in [0.15, 0.2) is 0 Å². The summed E-state index contributed by atoms with van der Waals surface area (Å²) in [6, 6.07) is 2.01. The average molecular weight is 299 g/mol. The molecule has 0 saturated heterocycles. The fourth-order valence-electron chi connectivity index (χ4n) is 2.50. The molecule has 0 aromatic carbocycles. The summed E-state index contributed by atoms with van der Waals surface area (Å²) in [4.78, 5) is 12.4. The van der Waals surface area contributed by atoms with Gasteiger partial charge in [-0.2, -0.15) is 10.4 Å². The molecule has 1 aliphatic rings. The van der Waals surface area contributed by atoms with Crippen LogP contribution in [0.4, 0.5) is 0 Å². The van der Waals surface area contributed by atoms with E-state index >= 15 is 0 Å². The van der Waals surface area contributed by atoms with Crippen molar-refractivity contribution in [2.45, 2.75) is 52.0 Å². The third-order valence-electron chi connectivity index (χ3n) is 3.83. The van der Waals surface area contributed by atoms with Crippen LogP contribution in [0.3, 0.4) is 0 Å². The Morgan fingerprint density at radius 3 is 2.68 bits per heavy atom. The van der Waals surface area contributed by atoms with Crippen molar-refractivity contribution in [3.05, 3.63) is 39.0 Å². The number of aromatic nitrogens is 4. The first-order valence-corrected chi connectivity index (χ1v) is 7.53. The van der Waals surface area contributed by atoms with Crippen LogP contribution in [0.25, 0.3) is 0 Å². The van der Waals surface area contributed by atoms with Crippen LogP contribution in [0.1, 0.15) is 61.2 Å². The Morgan fingerprint density at radius 1 is 1.32 bits per heavy atom. The van der Waals surface area contributed by atoms with Crippen molar-refractivity contribution < 1.29 is 4.42 Å². The van der Waals surface area contributed by atoms with Gasteiger partial charge in [-0.1, -0.05) is 13.8 Å². The molecule has 114 valence electrons. The van der Waals surface area contributed by atoms with Gasteiger partial charge in [0.25, 0.3) is 5.56 Å². The molecule has 0 spiro atoms. The second-order valence-electron chi connectivity index (χ2n) is 5.39. The second kappa shape index (κ2) is 5.72. The lowest BCUT2D eigenvalue weighted by molar-refractivity contribution is 0.423. The van der Waals surface area contributed by atoms with Gasteiger partial charge in [-0.05, 0) is 31.2 Å². The van der Waals surface area contributed by atoms with Crippen LogP contribution in [0.5, 0.6) is 0 Å². The monoisotopic (exact) mass is 299 g/mol. The minimum atomic E-state index is -0.400. The lowest BCUT2D eigenvalue weighted by Crippen LogP contribution is -2.29. The van der Waals surface area contributed by atoms with Crippen molar-refractivity contribution in [3.8, 4) is 6.07 Å². The van der Waals surface area contributed by atoms with E-state index in [9.17, 15) is 10.1 Å². The number of rotatable bonds is 5. The molecule has 0 N–H and O–H groups in total. The number of aryl methyl sites for hydroxylation is 1. The third kappa shape index (κ3) is 2.52. The van der Waals surface area contributed by atoms with E-state index in [2.05, 4.69) is 15.3 Å². The van der Waals surface area contributed by atoms with Gasteiger partial charge in [-0.3, -0.25) is 4.79 Å². The van der Waals surface area contributed by atoms with E-state index in [1.807, 2.05) is 19.9 Å². The van der Waals surface area contributed by atoms with Crippen molar-refractivity contribution in [2.24, 2.45) is 0 Å². The molecule has 22 heavy (non-hydrogen) atoms. The van der Waals surface area contributed by atoms with Crippen LogP contribution in [-0.4, -0.2) is 20.0 Å². The Labute approximate surface area is 127 Å². The van der Waals surface area contributed by atoms with Gasteiger partial charge in [0.05, 0.1) is 5.69 Å². The summed E-state index contributed by atoms with van der Waals surface area (Å²) in [6.45, 7) is 3.97. The van der Waals surface area contributed by atoms with Crippen molar-refractivity contribution in [3.63, 3.8) is 0 Å². The summed E-state index contributed by atoms with van der Waals surface area (Å²) in [7, 11) is 0. The number of hydrogen-bond acceptors (Lipinski definition) is 6. The highest BCUT2D eigenvalue weighted by Crippen LogP contribution is 2.38. The molecule has 0 aliphatic heterocycles. The SMILES string of the molecule is CCc1nn(Cc2nnc(C3CC3)o2)c(=O)c(C#N)c1CC. The predicted molar refractivity (Wildman–Crippen MR) is 77.3 cm³/mol. The van der Waals surface area contributed by atoms with E-state index in [0.717, 1.165) is 24.1 Å². The quantitative estimate of drug-likeness (QED) is 0.830. The highest BCUT2D eigenvalue weighted by molar-refractivity contribution is 5.38. The standard InChI is InChI=1S/C15H17N5O2/c1-3-10-11(7-16)15(21)20(19-12(10)4-2)8-13-17-18-14(22-13)9-5-6-9/h9H,3-6,8H2,1-2H3. The Bertz CT molecular complexity index is 795. The molecule has 2 aromatic rings. The van der Waals surface area contributed by atoms with Gasteiger partial charge in [0.1, 0.15) is 18.2 Å². The summed E-state index contributed by atoms with van der Waals surface area (Å²) >= 11 is 0. The van der Waals surface area contributed by atoms with Crippen molar-refractivity contribution in [1.29, 1.82) is 5.26 Å². The van der Waals surface area contributed by atoms with Crippen LogP contribution >= 0.6 is 0 Å². The van der Waals surface area contributed by atoms with Crippen molar-refractivity contribution >= 4 is 0 Å². The Morgan fingerprint density at radius 2 is 2.09 bits per heavy atom. The second-order valence-corrected chi connectivity index (χ2v) is 5.39. The fourth-order valence-corrected chi connectivity index (χ4v) is 2.50. The first kappa shape index (κ1) is 14.4. The number of hydrogen-bond donors (Lipinski definition) is 0. The first-order chi connectivity index (χ1) is 10.7. The smallest absolute Gasteiger partial charge is 0.285 e. The molecule has 1 aliphatic carbocycles. The van der Waals surface area contributed by atoms with E-state index in [1.54, 1.807) is 0 Å². The van der Waals surface area contributed by atoms with Gasteiger partial charge in [0, 0.05) is 5.92 Å². The zero-order valence-electron chi connectivity index (χ0n) is 12.7. The molecule has 7 heteroatoms. The first-order valence-electron chi connectivity index (χ1n) is 7.53. The van der Waals surface area contributed by atoms with Gasteiger partial charge in [-0.25, -0.2) is 4.68 Å². The van der Waals surface area contributed by atoms with Gasteiger partial charge < -0.3 is 4.42 Å². The minimum Gasteiger partial charge on any atom is -0.423 e. The maximum atomic E-state index is 12.4. The summed E-state index contributed by atoms with van der Waals surface area (Å²) < 4.78 is 6.82. The molecule has 0 atom stereocenters. The van der Waals surface area contributed by atoms with Gasteiger partial charge in [0.2, 0.25) is 11.8 Å². The highest BCUT2D eigenvalue weighted by Gasteiger charge is 2.29. The number of nitrogens with zero attached hydrogens (tertiary/aromatic N) is 5. The highest BCUT2D eigenvalue weighted by atomic mass is 16.4. The maximum Gasteiger partial charge on any atom is 0.285 e. The van der Waals surface area contributed by atoms with Crippen molar-refractivity contribution in [2.75, 3.05) is 0 Å². The number of nitriles is 1. The molecule has 1 fully saturated rings. The van der Waals surface area contributed by atoms with E-state index in [1.165, 1.54) is 4.68 Å². The Kier molecular flexibility index (Phi) is 3.75. The molecular formula is C15H17N5O2. The molecule has 0 unspecified atom stereocenters. The van der Waals surface area contributed by atoms with E-state index < -0.39 is 5.56 Å². The summed E-state index contributed by atoms with van der Waals surface area (Å²) in [5, 5.41) is 21.6. The third-order valence-corrected chi connectivity index (χ3v) is 3.83. The Hall–Kier alpha value is -2.49. The molecule has 0 bridgehead atoms. The van der Waals surface area contributed by atoms with Crippen LogP contribution in [0, 0.1) is 11.3 Å². The zero-order chi connectivity index (χ0) is 15.7. The molecule has 7 nitrogen and oxygen atoms in total. The molecule has 3 rings (SSSR count). The van der Waals surface area contributed by atoms with E-state index in [-0.39, 0.29) is 12.1 Å². The predicted octanol–water partition coefficient (Wildman–Crippen LogP) is 1.55. The molecule has 2 aromatic heterocycles. The molecular weight excluding hydrogens is 282 g/mol. The van der Waals surface area contributed by atoms with Crippen LogP contribution in [0.2, 0.25) is 0 Å². The zero-order valence-corrected chi connectivity index (χ0v) is 12.7. The lowest BCUT2D eigenvalue weighted by Gasteiger charge is -2.10. The molecule has 0 radical (unpaired) electrons. The average Bonchev–Trinajstić information content (AvgIpc) is 3.28. The molecule has 0 amide bonds. The summed E-state index contributed by atoms with van der Waals surface area (Å²) in [5.41, 5.74) is 1.26. The van der Waals surface area contributed by atoms with E-state index in [4.69, 9.17) is 4.42 Å². The summed E-state index contributed by atoms with van der Waals surface area (Å²) in [5.74, 6) is 1.35. The molecule has 2 heterocycles. The van der Waals surface area contributed by atoms with Crippen LogP contribution in [0.15, 0.2) is 9.21 Å². The summed E-state index contributed by atoms with van der Waals surface area (Å²) in [6.07, 6.45) is 3.42. The molecule has 1 saturated carbocycles. The topological polar surface area (TPSA) is 97.6 Å². The van der Waals surface area contributed by atoms with Crippen LogP contribution in [-0.2, 0) is 19.4 Å². The normalized spacial score (nSPS) is 14.0. The Balaban J connectivity index is 1.98. The van der Waals surface area contributed by atoms with Crippen molar-refractivity contribution in [1.82, 2.24) is 20.0 Å². The largest absolute Gasteiger partial charge is 0.423 e. The maximum absolute atomic E-state index is 12.4. The fraction of sp³-hybridized carbons (Fsp3) is 0.533. The lowest BCUT2D eigenvalue weighted by atomic mass is 10.0. The van der Waals surface area contributed by atoms with E-state index in [0.29, 0.717) is 30.5 Å². The van der Waals surface area contributed by atoms with Gasteiger partial charge >= 0.3 is 0 Å². The van der Waals surface area contributed by atoms with Crippen LogP contribution < -0.4 is 5.56 Å².